The quantitative estimate of drug-likeness (QED) is 0.276. The smallest absolute Gasteiger partial charge is 0.192 e. The highest BCUT2D eigenvalue weighted by Crippen LogP contribution is 2.77. The number of hydrogen-bond donors (Lipinski definition) is 1. The standard InChI is InChI=1S/C36H64O2Si/c1-24(2)25-15-20-36(23-37)22-21-34(9)26(30(25)36)13-14-28-33(8)18-17-29(38-39(11,12)31(3,4)5)32(6,7)27(33)16-19-35(28,34)10/h25-30,37H,1,13-23H2,2-12H3/t25-,26?,27?,28?,29-,30?,33-,34+,35+,36+/m0/s1. The van der Waals surface area contributed by atoms with Gasteiger partial charge in [-0.15, -0.1) is 0 Å². The van der Waals surface area contributed by atoms with Gasteiger partial charge in [0.1, 0.15) is 0 Å². The third-order valence-electron chi connectivity index (χ3n) is 15.7. The molecule has 5 fully saturated rings. The van der Waals surface area contributed by atoms with Gasteiger partial charge in [0.25, 0.3) is 0 Å². The van der Waals surface area contributed by atoms with E-state index in [0.717, 1.165) is 17.8 Å². The Morgan fingerprint density at radius 1 is 0.846 bits per heavy atom. The van der Waals surface area contributed by atoms with Crippen LogP contribution < -0.4 is 0 Å². The molecule has 3 heteroatoms. The zero-order valence-electron chi connectivity index (χ0n) is 27.8. The van der Waals surface area contributed by atoms with E-state index in [1.54, 1.807) is 0 Å². The Hall–Kier alpha value is -0.123. The van der Waals surface area contributed by atoms with Crippen LogP contribution in [0.1, 0.15) is 127 Å². The van der Waals surface area contributed by atoms with Crippen LogP contribution in [-0.4, -0.2) is 26.1 Å². The summed E-state index contributed by atoms with van der Waals surface area (Å²) in [5.74, 6) is 3.50. The van der Waals surface area contributed by atoms with E-state index in [2.05, 4.69) is 82.0 Å². The van der Waals surface area contributed by atoms with Crippen molar-refractivity contribution < 1.29 is 9.53 Å². The van der Waals surface area contributed by atoms with Crippen LogP contribution in [-0.2, 0) is 4.43 Å². The van der Waals surface area contributed by atoms with E-state index < -0.39 is 8.32 Å². The second kappa shape index (κ2) is 9.19. The lowest BCUT2D eigenvalue weighted by atomic mass is 9.32. The van der Waals surface area contributed by atoms with E-state index in [-0.39, 0.29) is 15.9 Å². The number of rotatable bonds is 4. The molecule has 0 aromatic rings. The van der Waals surface area contributed by atoms with Crippen LogP contribution in [0.5, 0.6) is 0 Å². The molecule has 39 heavy (non-hydrogen) atoms. The van der Waals surface area contributed by atoms with E-state index in [0.29, 0.717) is 40.8 Å². The van der Waals surface area contributed by atoms with E-state index in [4.69, 9.17) is 4.43 Å². The van der Waals surface area contributed by atoms with Crippen LogP contribution in [0.15, 0.2) is 12.2 Å². The minimum Gasteiger partial charge on any atom is -0.413 e. The Labute approximate surface area is 243 Å². The molecule has 0 aromatic heterocycles. The largest absolute Gasteiger partial charge is 0.413 e. The molecule has 5 saturated carbocycles. The molecule has 224 valence electrons. The summed E-state index contributed by atoms with van der Waals surface area (Å²) in [6.07, 6.45) is 13.4. The van der Waals surface area contributed by atoms with Crippen molar-refractivity contribution in [1.82, 2.24) is 0 Å². The van der Waals surface area contributed by atoms with E-state index in [1.165, 1.54) is 69.8 Å². The Morgan fingerprint density at radius 3 is 2.10 bits per heavy atom. The van der Waals surface area contributed by atoms with Gasteiger partial charge in [0.05, 0.1) is 6.10 Å². The van der Waals surface area contributed by atoms with Gasteiger partial charge >= 0.3 is 0 Å². The van der Waals surface area contributed by atoms with Crippen molar-refractivity contribution in [3.63, 3.8) is 0 Å². The minimum atomic E-state index is -1.81. The first-order chi connectivity index (χ1) is 17.8. The number of aliphatic hydroxyl groups excluding tert-OH is 1. The van der Waals surface area contributed by atoms with Crippen LogP contribution in [0, 0.1) is 56.7 Å². The Balaban J connectivity index is 1.46. The lowest BCUT2D eigenvalue weighted by Crippen LogP contribution is -2.67. The molecule has 5 rings (SSSR count). The first-order valence-corrected chi connectivity index (χ1v) is 19.7. The van der Waals surface area contributed by atoms with E-state index in [1.807, 2.05) is 0 Å². The summed E-state index contributed by atoms with van der Waals surface area (Å²) >= 11 is 0. The zero-order chi connectivity index (χ0) is 29.0. The first-order valence-electron chi connectivity index (χ1n) is 16.7. The highest BCUT2D eigenvalue weighted by atomic mass is 28.4. The lowest BCUT2D eigenvalue weighted by molar-refractivity contribution is -0.248. The molecule has 0 heterocycles. The molecule has 2 nitrogen and oxygen atoms in total. The molecule has 0 bridgehead atoms. The van der Waals surface area contributed by atoms with Gasteiger partial charge < -0.3 is 9.53 Å². The monoisotopic (exact) mass is 556 g/mol. The summed E-state index contributed by atoms with van der Waals surface area (Å²) in [5.41, 5.74) is 2.89. The molecule has 0 amide bonds. The average molecular weight is 557 g/mol. The minimum absolute atomic E-state index is 0.152. The van der Waals surface area contributed by atoms with Gasteiger partial charge in [0.2, 0.25) is 0 Å². The van der Waals surface area contributed by atoms with Gasteiger partial charge in [-0.2, -0.15) is 0 Å². The number of allylic oxidation sites excluding steroid dienone is 1. The fourth-order valence-corrected chi connectivity index (χ4v) is 13.8. The summed E-state index contributed by atoms with van der Waals surface area (Å²) in [6, 6.07) is 0. The summed E-state index contributed by atoms with van der Waals surface area (Å²) in [6.45, 7) is 32.6. The van der Waals surface area contributed by atoms with Crippen LogP contribution in [0.3, 0.4) is 0 Å². The Kier molecular flexibility index (Phi) is 7.15. The summed E-state index contributed by atoms with van der Waals surface area (Å²) < 4.78 is 7.23. The second-order valence-corrected chi connectivity index (χ2v) is 23.2. The van der Waals surface area contributed by atoms with Gasteiger partial charge in [-0.25, -0.2) is 0 Å². The maximum absolute atomic E-state index is 10.8. The summed E-state index contributed by atoms with van der Waals surface area (Å²) in [4.78, 5) is 0. The van der Waals surface area contributed by atoms with Crippen molar-refractivity contribution in [2.24, 2.45) is 56.7 Å². The number of fused-ring (bicyclic) bond motifs is 7. The SMILES string of the molecule is C=C(C)[C@@H]1CC[C@]2(CO)CC[C@]3(C)C(CCC4[C@@]5(C)CC[C@H](O[Si](C)(C)C(C)(C)C)C(C)(C)C5CC[C@]43C)C12. The molecular weight excluding hydrogens is 492 g/mol. The van der Waals surface area contributed by atoms with Crippen molar-refractivity contribution in [1.29, 1.82) is 0 Å². The van der Waals surface area contributed by atoms with Crippen LogP contribution in [0.25, 0.3) is 0 Å². The molecule has 0 aliphatic heterocycles. The van der Waals surface area contributed by atoms with Gasteiger partial charge in [-0.1, -0.05) is 67.5 Å². The zero-order valence-corrected chi connectivity index (χ0v) is 28.8. The molecule has 5 aliphatic carbocycles. The topological polar surface area (TPSA) is 29.5 Å². The fraction of sp³-hybridized carbons (Fsp3) is 0.944. The van der Waals surface area contributed by atoms with Gasteiger partial charge in [0, 0.05) is 6.61 Å². The molecule has 0 spiro atoms. The van der Waals surface area contributed by atoms with Gasteiger partial charge in [0.15, 0.2) is 8.32 Å². The molecule has 0 radical (unpaired) electrons. The molecule has 0 aromatic carbocycles. The van der Waals surface area contributed by atoms with Crippen LogP contribution in [0.2, 0.25) is 18.1 Å². The summed E-state index contributed by atoms with van der Waals surface area (Å²) in [5, 5.41) is 11.1. The highest BCUT2D eigenvalue weighted by molar-refractivity contribution is 6.74. The average Bonchev–Trinajstić information content (AvgIpc) is 3.21. The van der Waals surface area contributed by atoms with Crippen LogP contribution >= 0.6 is 0 Å². The van der Waals surface area contributed by atoms with Crippen LogP contribution in [0.4, 0.5) is 0 Å². The fourth-order valence-electron chi connectivity index (χ4n) is 12.3. The second-order valence-electron chi connectivity index (χ2n) is 18.4. The highest BCUT2D eigenvalue weighted by Gasteiger charge is 2.71. The summed E-state index contributed by atoms with van der Waals surface area (Å²) in [7, 11) is -1.81. The normalized spacial score (nSPS) is 49.4. The Morgan fingerprint density at radius 2 is 1.51 bits per heavy atom. The molecule has 0 saturated heterocycles. The molecule has 10 atom stereocenters. The van der Waals surface area contributed by atoms with Gasteiger partial charge in [-0.3, -0.25) is 0 Å². The van der Waals surface area contributed by atoms with Crippen molar-refractivity contribution in [3.05, 3.63) is 12.2 Å². The van der Waals surface area contributed by atoms with Crippen molar-refractivity contribution in [3.8, 4) is 0 Å². The predicted octanol–water partition coefficient (Wildman–Crippen LogP) is 10.0. The number of aliphatic hydroxyl groups is 1. The van der Waals surface area contributed by atoms with E-state index >= 15 is 0 Å². The molecule has 4 unspecified atom stereocenters. The maximum Gasteiger partial charge on any atom is 0.192 e. The van der Waals surface area contributed by atoms with Gasteiger partial charge in [-0.05, 0) is 146 Å². The third-order valence-corrected chi connectivity index (χ3v) is 20.2. The van der Waals surface area contributed by atoms with Crippen molar-refractivity contribution >= 4 is 8.32 Å². The molecule has 1 N–H and O–H groups in total. The molecule has 5 aliphatic rings. The van der Waals surface area contributed by atoms with E-state index in [9.17, 15) is 5.11 Å². The predicted molar refractivity (Wildman–Crippen MR) is 168 cm³/mol. The molecular formula is C36H64O2Si. The maximum atomic E-state index is 10.8. The lowest BCUT2D eigenvalue weighted by Gasteiger charge is -2.73. The van der Waals surface area contributed by atoms with Crippen molar-refractivity contribution in [2.45, 2.75) is 151 Å². The van der Waals surface area contributed by atoms with Crippen molar-refractivity contribution in [2.75, 3.05) is 6.61 Å². The Bertz CT molecular complexity index is 977. The number of hydrogen-bond acceptors (Lipinski definition) is 2. The third kappa shape index (κ3) is 4.04. The first kappa shape index (κ1) is 30.3.